The minimum absolute atomic E-state index is 0.0211. The van der Waals surface area contributed by atoms with Crippen molar-refractivity contribution in [3.63, 3.8) is 0 Å². The maximum Gasteiger partial charge on any atom is 0.201 e. The van der Waals surface area contributed by atoms with Crippen LogP contribution >= 0.6 is 0 Å². The summed E-state index contributed by atoms with van der Waals surface area (Å²) in [6.45, 7) is 3.51. The third kappa shape index (κ3) is 2.34. The van der Waals surface area contributed by atoms with Gasteiger partial charge in [-0.3, -0.25) is 9.59 Å². The number of phenolic OH excluding ortho intramolecular Hbond substituents is 6. The molecule has 0 atom stereocenters. The molecule has 0 bridgehead atoms. The number of hydrogen-bond donors (Lipinski definition) is 7. The van der Waals surface area contributed by atoms with Gasteiger partial charge >= 0.3 is 0 Å². The summed E-state index contributed by atoms with van der Waals surface area (Å²) in [6, 6.07) is 4.86. The Morgan fingerprint density at radius 3 is 0.900 bits per heavy atom. The monoisotopic (exact) mass is 536 g/mol. The summed E-state index contributed by atoms with van der Waals surface area (Å²) in [5, 5.41) is 75.4. The smallest absolute Gasteiger partial charge is 0.201 e. The SMILES string of the molecule is CO.Cc1cc(O)c2c(=O)c3c(O)cc(O)c4c5c(O)cc(O)c6c(=O)c7c(O)cc(C)c8c1c2c(c34)c(c78)c65. The van der Waals surface area contributed by atoms with Crippen LogP contribution in [0.25, 0.3) is 75.4 Å². The van der Waals surface area contributed by atoms with Crippen molar-refractivity contribution in [2.45, 2.75) is 13.8 Å². The van der Waals surface area contributed by atoms with Crippen molar-refractivity contribution < 1.29 is 35.7 Å². The molecule has 9 nitrogen and oxygen atoms in total. The zero-order valence-corrected chi connectivity index (χ0v) is 21.3. The minimum Gasteiger partial charge on any atom is -0.507 e. The van der Waals surface area contributed by atoms with Gasteiger partial charge in [0.05, 0.1) is 21.5 Å². The Bertz CT molecular complexity index is 2170. The van der Waals surface area contributed by atoms with Gasteiger partial charge in [-0.2, -0.15) is 0 Å². The molecule has 9 heteroatoms. The van der Waals surface area contributed by atoms with Gasteiger partial charge in [0.1, 0.15) is 34.5 Å². The van der Waals surface area contributed by atoms with Gasteiger partial charge < -0.3 is 35.7 Å². The van der Waals surface area contributed by atoms with Crippen LogP contribution in [0.2, 0.25) is 0 Å². The van der Waals surface area contributed by atoms with E-state index in [2.05, 4.69) is 0 Å². The van der Waals surface area contributed by atoms with Crippen molar-refractivity contribution in [1.29, 1.82) is 0 Å². The number of rotatable bonds is 0. The summed E-state index contributed by atoms with van der Waals surface area (Å²) in [5.41, 5.74) is -0.112. The summed E-state index contributed by atoms with van der Waals surface area (Å²) in [7, 11) is 1.00. The Morgan fingerprint density at radius 1 is 0.350 bits per heavy atom. The largest absolute Gasteiger partial charge is 0.507 e. The number of fused-ring (bicyclic) bond motifs is 2. The average Bonchev–Trinajstić information content (AvgIpc) is 2.88. The molecule has 0 heterocycles. The van der Waals surface area contributed by atoms with Gasteiger partial charge in [-0.25, -0.2) is 0 Å². The van der Waals surface area contributed by atoms with Crippen molar-refractivity contribution in [3.8, 4) is 34.5 Å². The molecular formula is C31H20O9. The Labute approximate surface area is 222 Å². The van der Waals surface area contributed by atoms with Crippen LogP contribution in [-0.2, 0) is 0 Å². The van der Waals surface area contributed by atoms with Crippen molar-refractivity contribution in [2.24, 2.45) is 0 Å². The second-order valence-electron chi connectivity index (χ2n) is 10.2. The lowest BCUT2D eigenvalue weighted by Crippen LogP contribution is -2.10. The van der Waals surface area contributed by atoms with E-state index in [9.17, 15) is 40.2 Å². The van der Waals surface area contributed by atoms with E-state index >= 15 is 0 Å². The van der Waals surface area contributed by atoms with Crippen LogP contribution in [0.15, 0.2) is 33.9 Å². The molecule has 0 aliphatic heterocycles. The second kappa shape index (κ2) is 7.22. The van der Waals surface area contributed by atoms with Gasteiger partial charge in [0.25, 0.3) is 0 Å². The molecule has 8 aromatic rings. The Hall–Kier alpha value is -5.28. The van der Waals surface area contributed by atoms with Crippen LogP contribution in [0.4, 0.5) is 0 Å². The fraction of sp³-hybridized carbons (Fsp3) is 0.0968. The molecule has 0 spiro atoms. The molecule has 0 aliphatic carbocycles. The Morgan fingerprint density at radius 2 is 0.575 bits per heavy atom. The van der Waals surface area contributed by atoms with Crippen LogP contribution < -0.4 is 10.9 Å². The molecule has 40 heavy (non-hydrogen) atoms. The van der Waals surface area contributed by atoms with Crippen molar-refractivity contribution in [1.82, 2.24) is 0 Å². The first-order chi connectivity index (χ1) is 19.0. The standard InChI is InChI=1S/C30H16O8.CH4O/c1-7-3-9(31)19-23-15(7)16-8(2)4-10(32)20-24(16)28-26-18(12(34)6-14(36)22(26)30(20)38)17-11(33)5-13(35)21(29(19)37)25(17)27(23)28;1-2/h3-6,31-36H,1-2H3;2H,1H3. The molecule has 8 rings (SSSR count). The Balaban J connectivity index is 0.00000130. The zero-order chi connectivity index (χ0) is 28.7. The summed E-state index contributed by atoms with van der Waals surface area (Å²) in [6.07, 6.45) is 0. The first-order valence-electron chi connectivity index (χ1n) is 12.3. The molecule has 0 radical (unpaired) electrons. The van der Waals surface area contributed by atoms with Crippen LogP contribution in [0.1, 0.15) is 11.1 Å². The fourth-order valence-electron chi connectivity index (χ4n) is 6.98. The summed E-state index contributed by atoms with van der Waals surface area (Å²) >= 11 is 0. The van der Waals surface area contributed by atoms with E-state index in [0.717, 1.165) is 19.2 Å². The topological polar surface area (TPSA) is 176 Å². The lowest BCUT2D eigenvalue weighted by molar-refractivity contribution is 0.399. The van der Waals surface area contributed by atoms with E-state index in [1.165, 1.54) is 12.1 Å². The number of benzene rings is 8. The molecule has 8 aromatic carbocycles. The van der Waals surface area contributed by atoms with Gasteiger partial charge in [0.15, 0.2) is 0 Å². The van der Waals surface area contributed by atoms with E-state index < -0.39 is 33.9 Å². The van der Waals surface area contributed by atoms with Gasteiger partial charge in [-0.15, -0.1) is 0 Å². The van der Waals surface area contributed by atoms with Crippen LogP contribution in [0, 0.1) is 13.8 Å². The number of aliphatic hydroxyl groups excluding tert-OH is 1. The number of hydrogen-bond acceptors (Lipinski definition) is 9. The molecule has 198 valence electrons. The van der Waals surface area contributed by atoms with E-state index in [1.807, 2.05) is 0 Å². The zero-order valence-electron chi connectivity index (χ0n) is 21.3. The summed E-state index contributed by atoms with van der Waals surface area (Å²) in [4.78, 5) is 27.8. The normalized spacial score (nSPS) is 12.3. The molecule has 0 unspecified atom stereocenters. The van der Waals surface area contributed by atoms with Crippen molar-refractivity contribution in [2.75, 3.05) is 7.11 Å². The fourth-order valence-corrected chi connectivity index (χ4v) is 6.98. The number of aliphatic hydroxyl groups is 1. The van der Waals surface area contributed by atoms with Crippen LogP contribution in [0.5, 0.6) is 34.5 Å². The van der Waals surface area contributed by atoms with E-state index in [0.29, 0.717) is 43.4 Å². The van der Waals surface area contributed by atoms with E-state index in [4.69, 9.17) is 5.11 Å². The number of aromatic hydroxyl groups is 6. The van der Waals surface area contributed by atoms with Gasteiger partial charge in [-0.05, 0) is 47.9 Å². The highest BCUT2D eigenvalue weighted by atomic mass is 16.3. The van der Waals surface area contributed by atoms with Crippen LogP contribution in [0.3, 0.4) is 0 Å². The molecule has 0 saturated heterocycles. The molecule has 0 fully saturated rings. The lowest BCUT2D eigenvalue weighted by Gasteiger charge is -2.25. The van der Waals surface area contributed by atoms with Gasteiger partial charge in [-0.1, -0.05) is 0 Å². The molecule has 0 aromatic heterocycles. The predicted octanol–water partition coefficient (Wildman–Crippen LogP) is 4.69. The highest BCUT2D eigenvalue weighted by Crippen LogP contribution is 2.56. The highest BCUT2D eigenvalue weighted by molar-refractivity contribution is 6.50. The quantitative estimate of drug-likeness (QED) is 0.107. The minimum atomic E-state index is -0.661. The third-order valence-electron chi connectivity index (χ3n) is 8.24. The first-order valence-corrected chi connectivity index (χ1v) is 12.3. The molecule has 7 N–H and O–H groups in total. The number of phenols is 6. The second-order valence-corrected chi connectivity index (χ2v) is 10.2. The summed E-state index contributed by atoms with van der Waals surface area (Å²) < 4.78 is 0. The predicted molar refractivity (Wildman–Crippen MR) is 154 cm³/mol. The highest BCUT2D eigenvalue weighted by Gasteiger charge is 2.32. The third-order valence-corrected chi connectivity index (χ3v) is 8.24. The number of aryl methyl sites for hydroxylation is 2. The summed E-state index contributed by atoms with van der Waals surface area (Å²) in [5.74, 6) is -2.51. The average molecular weight is 536 g/mol. The van der Waals surface area contributed by atoms with Gasteiger partial charge in [0, 0.05) is 62.3 Å². The maximum absolute atomic E-state index is 13.9. The molecule has 0 aliphatic rings. The molecule has 0 saturated carbocycles. The van der Waals surface area contributed by atoms with Gasteiger partial charge in [0.2, 0.25) is 10.9 Å². The molecular weight excluding hydrogens is 516 g/mol. The van der Waals surface area contributed by atoms with E-state index in [-0.39, 0.29) is 54.6 Å². The van der Waals surface area contributed by atoms with Crippen molar-refractivity contribution in [3.05, 3.63) is 55.8 Å². The first kappa shape index (κ1) is 23.8. The van der Waals surface area contributed by atoms with Crippen molar-refractivity contribution >= 4 is 75.4 Å². The maximum atomic E-state index is 13.9. The lowest BCUT2D eigenvalue weighted by atomic mass is 9.78. The van der Waals surface area contributed by atoms with Crippen LogP contribution in [-0.4, -0.2) is 42.9 Å². The van der Waals surface area contributed by atoms with E-state index in [1.54, 1.807) is 13.8 Å². The Kier molecular flexibility index (Phi) is 4.30. The molecule has 0 amide bonds.